The predicted molar refractivity (Wildman–Crippen MR) is 188 cm³/mol. The number of rotatable bonds is 6. The van der Waals surface area contributed by atoms with Crippen LogP contribution in [-0.2, 0) is 10.8 Å². The van der Waals surface area contributed by atoms with Gasteiger partial charge in [-0.05, 0) is 79.3 Å². The van der Waals surface area contributed by atoms with Gasteiger partial charge in [0.25, 0.3) is 0 Å². The third-order valence-corrected chi connectivity index (χ3v) is 12.0. The van der Waals surface area contributed by atoms with E-state index in [1.165, 1.54) is 44.0 Å². The van der Waals surface area contributed by atoms with Gasteiger partial charge in [-0.1, -0.05) is 114 Å². The van der Waals surface area contributed by atoms with Crippen molar-refractivity contribution in [2.24, 2.45) is 0 Å². The molecule has 5 heteroatoms. The van der Waals surface area contributed by atoms with Gasteiger partial charge in [-0.25, -0.2) is 0 Å². The predicted octanol–water partition coefficient (Wildman–Crippen LogP) is 10.7. The van der Waals surface area contributed by atoms with Gasteiger partial charge in [-0.3, -0.25) is 4.52 Å². The summed E-state index contributed by atoms with van der Waals surface area (Å²) in [5.74, 6) is 0. The molecule has 0 unspecified atom stereocenters. The summed E-state index contributed by atoms with van der Waals surface area (Å²) in [5, 5.41) is 4.99. The molecular weight excluding hydrogens is 566 g/mol. The van der Waals surface area contributed by atoms with Gasteiger partial charge < -0.3 is 8.39 Å². The Labute approximate surface area is 260 Å². The number of benzene rings is 4. The van der Waals surface area contributed by atoms with Crippen LogP contribution >= 0.6 is 16.2 Å². The van der Waals surface area contributed by atoms with Crippen LogP contribution in [0.4, 0.5) is 0 Å². The van der Waals surface area contributed by atoms with Crippen LogP contribution < -0.4 is 15.1 Å². The van der Waals surface area contributed by atoms with Crippen LogP contribution in [0.15, 0.2) is 81.2 Å². The first-order chi connectivity index (χ1) is 20.3. The summed E-state index contributed by atoms with van der Waals surface area (Å²) in [6, 6.07) is 26.2. The lowest BCUT2D eigenvalue weighted by Gasteiger charge is -2.23. The second-order valence-corrected chi connectivity index (χ2v) is 17.1. The highest BCUT2D eigenvalue weighted by Gasteiger charge is 2.27. The molecule has 1 heterocycles. The average molecular weight is 613 g/mol. The molecule has 0 N–H and O–H groups in total. The smallest absolute Gasteiger partial charge is 0.387 e. The molecule has 0 aliphatic rings. The Morgan fingerprint density at radius 2 is 1.02 bits per heavy atom. The Kier molecular flexibility index (Phi) is 9.02. The molecule has 226 valence electrons. The van der Waals surface area contributed by atoms with Gasteiger partial charge >= 0.3 is 8.24 Å². The minimum atomic E-state index is -1.70. The largest absolute Gasteiger partial charge is 0.399 e. The molecule has 3 nitrogen and oxygen atoms in total. The summed E-state index contributed by atoms with van der Waals surface area (Å²) in [6.45, 7) is 22.9. The molecular formula is C38H46O3P2. The van der Waals surface area contributed by atoms with Gasteiger partial charge in [0.1, 0.15) is 11.2 Å². The van der Waals surface area contributed by atoms with Crippen LogP contribution in [0.25, 0.3) is 21.9 Å². The molecule has 5 aromatic rings. The minimum Gasteiger partial charge on any atom is -0.399 e. The Bertz CT molecular complexity index is 1660. The standard InChI is InChI=1S/C38H46O3P2/c1-25-23-31(37(5,6)7)35-33(27(25)3)34-28(4)26(2)24-32(38(8,9)10)36(34)41-43(40-35)39-21-22-42(29-17-13-11-14-18-29)30-19-15-12-16-20-30/h11-20,23-24H,21-22H2,1-10H3. The average Bonchev–Trinajstić information content (AvgIpc) is 3.12. The van der Waals surface area contributed by atoms with Crippen LogP contribution in [0.5, 0.6) is 0 Å². The molecule has 0 saturated carbocycles. The second kappa shape index (κ2) is 12.3. The highest BCUT2D eigenvalue weighted by atomic mass is 31.1. The van der Waals surface area contributed by atoms with Gasteiger partial charge in [-0.15, -0.1) is 0 Å². The summed E-state index contributed by atoms with van der Waals surface area (Å²) in [4.78, 5) is 0. The van der Waals surface area contributed by atoms with Gasteiger partial charge in [0, 0.05) is 28.1 Å². The molecule has 0 aliphatic carbocycles. The normalized spacial score (nSPS) is 12.4. The summed E-state index contributed by atoms with van der Waals surface area (Å²) < 4.78 is 20.5. The quantitative estimate of drug-likeness (QED) is 0.179. The van der Waals surface area contributed by atoms with Crippen LogP contribution in [0, 0.1) is 27.7 Å². The Hall–Kier alpha value is -2.83. The lowest BCUT2D eigenvalue weighted by Crippen LogP contribution is -2.16. The lowest BCUT2D eigenvalue weighted by atomic mass is 9.81. The van der Waals surface area contributed by atoms with Crippen molar-refractivity contribution in [3.8, 4) is 0 Å². The molecule has 0 atom stereocenters. The maximum Gasteiger partial charge on any atom is 0.387 e. The minimum absolute atomic E-state index is 0.117. The molecule has 0 bridgehead atoms. The maximum absolute atomic E-state index is 6.92. The number of fused-ring (bicyclic) bond motifs is 3. The topological polar surface area (TPSA) is 35.5 Å². The maximum atomic E-state index is 6.92. The fourth-order valence-electron chi connectivity index (χ4n) is 5.74. The van der Waals surface area contributed by atoms with Gasteiger partial charge in [0.2, 0.25) is 0 Å². The molecule has 0 spiro atoms. The van der Waals surface area contributed by atoms with Gasteiger partial charge in [-0.2, -0.15) is 0 Å². The molecule has 4 aromatic carbocycles. The van der Waals surface area contributed by atoms with Crippen molar-refractivity contribution in [1.82, 2.24) is 0 Å². The van der Waals surface area contributed by atoms with E-state index in [2.05, 4.69) is 142 Å². The molecule has 0 radical (unpaired) electrons. The fraction of sp³-hybridized carbons (Fsp3) is 0.368. The van der Waals surface area contributed by atoms with Crippen molar-refractivity contribution in [3.63, 3.8) is 0 Å². The Morgan fingerprint density at radius 1 is 0.628 bits per heavy atom. The zero-order chi connectivity index (χ0) is 31.1. The van der Waals surface area contributed by atoms with E-state index in [1.54, 1.807) is 0 Å². The number of hydrogen-bond acceptors (Lipinski definition) is 3. The van der Waals surface area contributed by atoms with Crippen molar-refractivity contribution in [2.45, 2.75) is 80.1 Å². The summed E-state index contributed by atoms with van der Waals surface area (Å²) in [5.41, 5.74) is 8.94. The zero-order valence-corrected chi connectivity index (χ0v) is 29.3. The van der Waals surface area contributed by atoms with Crippen molar-refractivity contribution < 1.29 is 12.9 Å². The molecule has 0 fully saturated rings. The number of hydrogen-bond donors (Lipinski definition) is 0. The molecule has 43 heavy (non-hydrogen) atoms. The lowest BCUT2D eigenvalue weighted by molar-refractivity contribution is 0.395. The van der Waals surface area contributed by atoms with Crippen molar-refractivity contribution in [2.75, 3.05) is 12.8 Å². The van der Waals surface area contributed by atoms with E-state index < -0.39 is 16.2 Å². The van der Waals surface area contributed by atoms with E-state index in [4.69, 9.17) is 12.9 Å². The molecule has 0 saturated heterocycles. The SMILES string of the molecule is Cc1cc(C(C)(C)C)c2op(OCCP(c3ccccc3)c3ccccc3)oc3c(C(C)(C)C)cc(C)c(C)c3c2c1C. The van der Waals surface area contributed by atoms with Crippen LogP contribution in [0.2, 0.25) is 0 Å². The second-order valence-electron chi connectivity index (χ2n) is 13.7. The van der Waals surface area contributed by atoms with Crippen molar-refractivity contribution in [1.29, 1.82) is 0 Å². The molecule has 5 rings (SSSR count). The zero-order valence-electron chi connectivity index (χ0n) is 27.5. The Morgan fingerprint density at radius 3 is 1.40 bits per heavy atom. The first-order valence-corrected chi connectivity index (χ1v) is 17.9. The van der Waals surface area contributed by atoms with E-state index in [0.29, 0.717) is 6.61 Å². The fourth-order valence-corrected chi connectivity index (χ4v) is 9.10. The first kappa shape index (κ1) is 31.6. The van der Waals surface area contributed by atoms with Crippen molar-refractivity contribution >= 4 is 48.7 Å². The van der Waals surface area contributed by atoms with E-state index in [1.807, 2.05) is 0 Å². The summed E-state index contributed by atoms with van der Waals surface area (Å²) in [6.07, 6.45) is 0.882. The Balaban J connectivity index is 1.73. The highest BCUT2D eigenvalue weighted by Crippen LogP contribution is 2.45. The van der Waals surface area contributed by atoms with Crippen molar-refractivity contribution in [3.05, 3.63) is 106 Å². The molecule has 0 aliphatic heterocycles. The third kappa shape index (κ3) is 6.51. The van der Waals surface area contributed by atoms with E-state index in [9.17, 15) is 0 Å². The third-order valence-electron chi connectivity index (χ3n) is 8.44. The van der Waals surface area contributed by atoms with Gasteiger partial charge in [0.05, 0.1) is 6.61 Å². The number of aryl methyl sites for hydroxylation is 4. The van der Waals surface area contributed by atoms with Gasteiger partial charge in [0.15, 0.2) is 0 Å². The highest BCUT2D eigenvalue weighted by molar-refractivity contribution is 7.73. The molecule has 0 amide bonds. The summed E-state index contributed by atoms with van der Waals surface area (Å²) >= 11 is 0. The summed E-state index contributed by atoms with van der Waals surface area (Å²) in [7, 11) is -2.28. The van der Waals surface area contributed by atoms with Crippen LogP contribution in [0.3, 0.4) is 0 Å². The van der Waals surface area contributed by atoms with E-state index in [0.717, 1.165) is 28.1 Å². The van der Waals surface area contributed by atoms with Crippen LogP contribution in [-0.4, -0.2) is 12.8 Å². The van der Waals surface area contributed by atoms with E-state index >= 15 is 0 Å². The van der Waals surface area contributed by atoms with E-state index in [-0.39, 0.29) is 10.8 Å². The monoisotopic (exact) mass is 612 g/mol. The van der Waals surface area contributed by atoms with Crippen LogP contribution in [0.1, 0.15) is 74.9 Å². The molecule has 1 aromatic heterocycles. The first-order valence-electron chi connectivity index (χ1n) is 15.2.